The van der Waals surface area contributed by atoms with Gasteiger partial charge in [0, 0.05) is 5.56 Å². The van der Waals surface area contributed by atoms with Crippen LogP contribution in [0.15, 0.2) is 24.3 Å². The molecule has 0 spiro atoms. The summed E-state index contributed by atoms with van der Waals surface area (Å²) in [5.41, 5.74) is 2.57. The minimum Gasteiger partial charge on any atom is -0.222 e. The standard InChI is InChI=1S/C14H18N4/c1-14(2,3)11-6-4-5-10(9-11)13-15-16-17-18(13)12-7-8-12/h4-6,9,12H,7-8H2,1-3H3. The third kappa shape index (κ3) is 2.03. The molecule has 4 nitrogen and oxygen atoms in total. The molecule has 1 fully saturated rings. The second kappa shape index (κ2) is 3.90. The van der Waals surface area contributed by atoms with Crippen molar-refractivity contribution in [2.75, 3.05) is 0 Å². The summed E-state index contributed by atoms with van der Waals surface area (Å²) in [6, 6.07) is 9.04. The minimum absolute atomic E-state index is 0.147. The molecule has 0 N–H and O–H groups in total. The normalized spacial score (nSPS) is 15.9. The number of hydrogen-bond donors (Lipinski definition) is 0. The van der Waals surface area contributed by atoms with Crippen LogP contribution in [0.4, 0.5) is 0 Å². The van der Waals surface area contributed by atoms with Gasteiger partial charge in [-0.2, -0.15) is 0 Å². The van der Waals surface area contributed by atoms with Crippen molar-refractivity contribution in [1.82, 2.24) is 20.2 Å². The van der Waals surface area contributed by atoms with Crippen LogP contribution in [-0.2, 0) is 5.41 Å². The van der Waals surface area contributed by atoms with Gasteiger partial charge >= 0.3 is 0 Å². The highest BCUT2D eigenvalue weighted by Gasteiger charge is 2.28. The first kappa shape index (κ1) is 11.4. The van der Waals surface area contributed by atoms with Crippen LogP contribution in [0.25, 0.3) is 11.4 Å². The lowest BCUT2D eigenvalue weighted by Crippen LogP contribution is -2.11. The van der Waals surface area contributed by atoms with Crippen LogP contribution in [0.3, 0.4) is 0 Å². The molecule has 0 radical (unpaired) electrons. The first-order chi connectivity index (χ1) is 8.55. The Hall–Kier alpha value is -1.71. The predicted octanol–water partition coefficient (Wildman–Crippen LogP) is 2.97. The number of hydrogen-bond acceptors (Lipinski definition) is 3. The van der Waals surface area contributed by atoms with E-state index < -0.39 is 0 Å². The maximum atomic E-state index is 4.17. The third-order valence-corrected chi connectivity index (χ3v) is 3.37. The molecule has 1 aliphatic carbocycles. The third-order valence-electron chi connectivity index (χ3n) is 3.37. The van der Waals surface area contributed by atoms with E-state index in [0.29, 0.717) is 6.04 Å². The van der Waals surface area contributed by atoms with Crippen molar-refractivity contribution in [3.63, 3.8) is 0 Å². The summed E-state index contributed by atoms with van der Waals surface area (Å²) in [6.45, 7) is 6.65. The van der Waals surface area contributed by atoms with E-state index in [-0.39, 0.29) is 5.41 Å². The van der Waals surface area contributed by atoms with Gasteiger partial charge < -0.3 is 0 Å². The smallest absolute Gasteiger partial charge is 0.182 e. The average molecular weight is 242 g/mol. The summed E-state index contributed by atoms with van der Waals surface area (Å²) in [4.78, 5) is 0. The van der Waals surface area contributed by atoms with Crippen LogP contribution in [0.2, 0.25) is 0 Å². The molecular formula is C14H18N4. The zero-order chi connectivity index (χ0) is 12.8. The molecule has 1 heterocycles. The second-order valence-electron chi connectivity index (χ2n) is 6.01. The van der Waals surface area contributed by atoms with E-state index in [1.807, 2.05) is 4.68 Å². The number of rotatable bonds is 2. The second-order valence-corrected chi connectivity index (χ2v) is 6.01. The lowest BCUT2D eigenvalue weighted by Gasteiger charge is -2.19. The maximum Gasteiger partial charge on any atom is 0.182 e. The van der Waals surface area contributed by atoms with Gasteiger partial charge in [0.2, 0.25) is 0 Å². The quantitative estimate of drug-likeness (QED) is 0.813. The fourth-order valence-corrected chi connectivity index (χ4v) is 2.07. The van der Waals surface area contributed by atoms with Gasteiger partial charge in [-0.1, -0.05) is 39.0 Å². The number of aromatic nitrogens is 4. The van der Waals surface area contributed by atoms with Crippen molar-refractivity contribution in [2.45, 2.75) is 45.1 Å². The van der Waals surface area contributed by atoms with Gasteiger partial charge in [-0.05, 0) is 40.3 Å². The molecule has 0 bridgehead atoms. The van der Waals surface area contributed by atoms with E-state index in [2.05, 4.69) is 60.6 Å². The van der Waals surface area contributed by atoms with E-state index in [0.717, 1.165) is 11.4 Å². The molecular weight excluding hydrogens is 224 g/mol. The van der Waals surface area contributed by atoms with E-state index in [1.165, 1.54) is 18.4 Å². The summed E-state index contributed by atoms with van der Waals surface area (Å²) in [6.07, 6.45) is 2.38. The molecule has 0 amide bonds. The van der Waals surface area contributed by atoms with Crippen LogP contribution in [0.5, 0.6) is 0 Å². The maximum absolute atomic E-state index is 4.17. The highest BCUT2D eigenvalue weighted by molar-refractivity contribution is 5.56. The van der Waals surface area contributed by atoms with Gasteiger partial charge in [-0.3, -0.25) is 0 Å². The minimum atomic E-state index is 0.147. The average Bonchev–Trinajstić information content (AvgIpc) is 3.06. The molecule has 4 heteroatoms. The molecule has 0 aliphatic heterocycles. The molecule has 94 valence electrons. The van der Waals surface area contributed by atoms with Crippen molar-refractivity contribution in [2.24, 2.45) is 0 Å². The topological polar surface area (TPSA) is 43.6 Å². The van der Waals surface area contributed by atoms with Crippen LogP contribution in [0, 0.1) is 0 Å². The summed E-state index contributed by atoms with van der Waals surface area (Å²) in [5, 5.41) is 12.1. The molecule has 0 saturated heterocycles. The highest BCUT2D eigenvalue weighted by atomic mass is 15.6. The van der Waals surface area contributed by atoms with Crippen molar-refractivity contribution >= 4 is 0 Å². The van der Waals surface area contributed by atoms with Crippen molar-refractivity contribution < 1.29 is 0 Å². The van der Waals surface area contributed by atoms with Crippen LogP contribution in [0.1, 0.15) is 45.2 Å². The fraction of sp³-hybridized carbons (Fsp3) is 0.500. The van der Waals surface area contributed by atoms with Gasteiger partial charge in [-0.15, -0.1) is 5.10 Å². The summed E-state index contributed by atoms with van der Waals surface area (Å²) in [7, 11) is 0. The Morgan fingerprint density at radius 2 is 2.00 bits per heavy atom. The molecule has 18 heavy (non-hydrogen) atoms. The Balaban J connectivity index is 2.03. The van der Waals surface area contributed by atoms with Gasteiger partial charge in [0.05, 0.1) is 6.04 Å². The molecule has 1 aromatic carbocycles. The van der Waals surface area contributed by atoms with Crippen molar-refractivity contribution in [1.29, 1.82) is 0 Å². The van der Waals surface area contributed by atoms with E-state index in [4.69, 9.17) is 0 Å². The molecule has 3 rings (SSSR count). The first-order valence-corrected chi connectivity index (χ1v) is 6.44. The largest absolute Gasteiger partial charge is 0.222 e. The van der Waals surface area contributed by atoms with Crippen LogP contribution < -0.4 is 0 Å². The van der Waals surface area contributed by atoms with Crippen LogP contribution in [-0.4, -0.2) is 20.2 Å². The summed E-state index contributed by atoms with van der Waals surface area (Å²) in [5.74, 6) is 0.892. The zero-order valence-electron chi connectivity index (χ0n) is 11.1. The SMILES string of the molecule is CC(C)(C)c1cccc(-c2nnnn2C2CC2)c1. The van der Waals surface area contributed by atoms with Crippen LogP contribution >= 0.6 is 0 Å². The lowest BCUT2D eigenvalue weighted by molar-refractivity contribution is 0.589. The first-order valence-electron chi connectivity index (χ1n) is 6.44. The van der Waals surface area contributed by atoms with E-state index in [1.54, 1.807) is 0 Å². The fourth-order valence-electron chi connectivity index (χ4n) is 2.07. The molecule has 1 aromatic heterocycles. The van der Waals surface area contributed by atoms with E-state index in [9.17, 15) is 0 Å². The van der Waals surface area contributed by atoms with Gasteiger partial charge in [0.15, 0.2) is 5.82 Å². The van der Waals surface area contributed by atoms with Crippen molar-refractivity contribution in [3.05, 3.63) is 29.8 Å². The zero-order valence-corrected chi connectivity index (χ0v) is 11.1. The molecule has 0 atom stereocenters. The predicted molar refractivity (Wildman–Crippen MR) is 70.2 cm³/mol. The van der Waals surface area contributed by atoms with Gasteiger partial charge in [0.1, 0.15) is 0 Å². The Kier molecular flexibility index (Phi) is 2.47. The number of nitrogens with zero attached hydrogens (tertiary/aromatic N) is 4. The lowest BCUT2D eigenvalue weighted by atomic mass is 9.86. The van der Waals surface area contributed by atoms with Gasteiger partial charge in [0.25, 0.3) is 0 Å². The molecule has 0 unspecified atom stereocenters. The van der Waals surface area contributed by atoms with E-state index >= 15 is 0 Å². The Labute approximate surface area is 107 Å². The van der Waals surface area contributed by atoms with Crippen molar-refractivity contribution in [3.8, 4) is 11.4 Å². The Bertz CT molecular complexity index is 561. The highest BCUT2D eigenvalue weighted by Crippen LogP contribution is 2.37. The summed E-state index contributed by atoms with van der Waals surface area (Å²) >= 11 is 0. The Morgan fingerprint density at radius 1 is 1.22 bits per heavy atom. The molecule has 2 aromatic rings. The summed E-state index contributed by atoms with van der Waals surface area (Å²) < 4.78 is 1.96. The molecule has 1 aliphatic rings. The molecule has 1 saturated carbocycles. The Morgan fingerprint density at radius 3 is 2.67 bits per heavy atom. The van der Waals surface area contributed by atoms with Gasteiger partial charge in [-0.25, -0.2) is 4.68 Å². The monoisotopic (exact) mass is 242 g/mol. The number of benzene rings is 1. The number of tetrazole rings is 1.